The van der Waals surface area contributed by atoms with Crippen molar-refractivity contribution in [3.05, 3.63) is 33.6 Å². The molecule has 0 radical (unpaired) electrons. The molecule has 0 amide bonds. The minimum Gasteiger partial charge on any atom is -0.481 e. The van der Waals surface area contributed by atoms with Crippen LogP contribution < -0.4 is 0 Å². The monoisotopic (exact) mass is 343 g/mol. The van der Waals surface area contributed by atoms with Crippen LogP contribution in [0.3, 0.4) is 0 Å². The van der Waals surface area contributed by atoms with Crippen molar-refractivity contribution in [1.29, 1.82) is 0 Å². The van der Waals surface area contributed by atoms with Gasteiger partial charge in [0.05, 0.1) is 11.4 Å². The second-order valence-electron chi connectivity index (χ2n) is 3.58. The lowest BCUT2D eigenvalue weighted by atomic mass is 10.1. The number of carboxylic acids is 1. The summed E-state index contributed by atoms with van der Waals surface area (Å²) >= 11 is 6.22. The van der Waals surface area contributed by atoms with E-state index in [1.54, 1.807) is 0 Å². The molecule has 0 aliphatic carbocycles. The maximum absolute atomic E-state index is 10.5. The minimum absolute atomic E-state index is 0.0465. The first-order valence-electron chi connectivity index (χ1n) is 5.14. The number of thioether (sulfide) groups is 1. The largest absolute Gasteiger partial charge is 0.481 e. The summed E-state index contributed by atoms with van der Waals surface area (Å²) in [5.74, 6) is -0.776. The van der Waals surface area contributed by atoms with E-state index < -0.39 is 5.97 Å². The molecule has 0 aliphatic heterocycles. The Kier molecular flexibility index (Phi) is 4.42. The lowest BCUT2D eigenvalue weighted by Crippen LogP contribution is -1.96. The number of rotatable bonds is 4. The molecule has 6 heteroatoms. The number of hydrogen-bond donors (Lipinski definition) is 1. The maximum Gasteiger partial charge on any atom is 0.313 e. The van der Waals surface area contributed by atoms with Crippen molar-refractivity contribution in [3.8, 4) is 11.3 Å². The molecule has 2 aromatic rings. The van der Waals surface area contributed by atoms with E-state index in [0.29, 0.717) is 0 Å². The maximum atomic E-state index is 10.5. The predicted octanol–water partition coefficient (Wildman–Crippen LogP) is 4.06. The van der Waals surface area contributed by atoms with Gasteiger partial charge in [-0.2, -0.15) is 0 Å². The first-order chi connectivity index (χ1) is 8.56. The minimum atomic E-state index is -0.822. The lowest BCUT2D eigenvalue weighted by molar-refractivity contribution is -0.133. The number of hydrogen-bond acceptors (Lipinski definition) is 4. The van der Waals surface area contributed by atoms with Crippen LogP contribution in [0.25, 0.3) is 11.3 Å². The highest BCUT2D eigenvalue weighted by atomic mass is 79.9. The van der Waals surface area contributed by atoms with E-state index in [1.165, 1.54) is 23.1 Å². The van der Waals surface area contributed by atoms with Crippen molar-refractivity contribution in [2.24, 2.45) is 0 Å². The Hall–Kier alpha value is -0.850. The summed E-state index contributed by atoms with van der Waals surface area (Å²) in [6, 6.07) is 7.93. The molecular weight excluding hydrogens is 334 g/mol. The molecule has 0 unspecified atom stereocenters. The highest BCUT2D eigenvalue weighted by Crippen LogP contribution is 2.33. The predicted molar refractivity (Wildman–Crippen MR) is 78.3 cm³/mol. The molecule has 0 saturated heterocycles. The molecule has 1 N–H and O–H groups in total. The summed E-state index contributed by atoms with van der Waals surface area (Å²) in [5.41, 5.74) is 1.97. The van der Waals surface area contributed by atoms with Gasteiger partial charge in [-0.05, 0) is 19.1 Å². The number of carboxylic acid groups (broad SMARTS) is 1. The summed E-state index contributed by atoms with van der Waals surface area (Å²) < 4.78 is 1.80. The Labute approximate surface area is 121 Å². The van der Waals surface area contributed by atoms with Crippen LogP contribution in [0, 0.1) is 6.92 Å². The first-order valence-corrected chi connectivity index (χ1v) is 7.73. The fraction of sp³-hybridized carbons (Fsp3) is 0.167. The van der Waals surface area contributed by atoms with E-state index in [0.717, 1.165) is 24.9 Å². The van der Waals surface area contributed by atoms with Crippen LogP contribution in [0.1, 0.15) is 4.88 Å². The highest BCUT2D eigenvalue weighted by molar-refractivity contribution is 9.10. The Morgan fingerprint density at radius 2 is 2.33 bits per heavy atom. The summed E-state index contributed by atoms with van der Waals surface area (Å²) in [6.45, 7) is 2.00. The molecule has 1 heterocycles. The number of aryl methyl sites for hydroxylation is 1. The SMILES string of the molecule is Cc1sc(SCC(=O)O)nc1-c1cccc(Br)c1. The standard InChI is InChI=1S/C12H10BrNO2S2/c1-7-11(8-3-2-4-9(13)5-8)14-12(18-7)17-6-10(15)16/h2-5H,6H2,1H3,(H,15,16). The van der Waals surface area contributed by atoms with Crippen molar-refractivity contribution >= 4 is 45.0 Å². The fourth-order valence-electron chi connectivity index (χ4n) is 1.46. The fourth-order valence-corrected chi connectivity index (χ4v) is 3.71. The van der Waals surface area contributed by atoms with Crippen LogP contribution in [0.5, 0.6) is 0 Å². The van der Waals surface area contributed by atoms with Gasteiger partial charge >= 0.3 is 5.97 Å². The van der Waals surface area contributed by atoms with Crippen LogP contribution in [-0.4, -0.2) is 21.8 Å². The van der Waals surface area contributed by atoms with Crippen molar-refractivity contribution < 1.29 is 9.90 Å². The smallest absolute Gasteiger partial charge is 0.313 e. The molecular formula is C12H10BrNO2S2. The van der Waals surface area contributed by atoms with Crippen molar-refractivity contribution in [2.45, 2.75) is 11.3 Å². The van der Waals surface area contributed by atoms with Crippen LogP contribution in [0.2, 0.25) is 0 Å². The zero-order valence-corrected chi connectivity index (χ0v) is 12.7. The molecule has 0 spiro atoms. The quantitative estimate of drug-likeness (QED) is 0.850. The van der Waals surface area contributed by atoms with Gasteiger partial charge in [-0.15, -0.1) is 11.3 Å². The Balaban J connectivity index is 2.26. The molecule has 2 rings (SSSR count). The molecule has 94 valence electrons. The van der Waals surface area contributed by atoms with Crippen molar-refractivity contribution in [1.82, 2.24) is 4.98 Å². The van der Waals surface area contributed by atoms with E-state index in [1.807, 2.05) is 31.2 Å². The van der Waals surface area contributed by atoms with Gasteiger partial charge in [0, 0.05) is 14.9 Å². The summed E-state index contributed by atoms with van der Waals surface area (Å²) in [5, 5.41) is 8.65. The van der Waals surface area contributed by atoms with Gasteiger partial charge in [-0.1, -0.05) is 39.8 Å². The number of aromatic nitrogens is 1. The molecule has 3 nitrogen and oxygen atoms in total. The molecule has 0 aliphatic rings. The van der Waals surface area contributed by atoms with Gasteiger partial charge in [-0.3, -0.25) is 4.79 Å². The van der Waals surface area contributed by atoms with E-state index in [4.69, 9.17) is 5.11 Å². The van der Waals surface area contributed by atoms with Gasteiger partial charge in [0.1, 0.15) is 0 Å². The van der Waals surface area contributed by atoms with Gasteiger partial charge in [0.15, 0.2) is 4.34 Å². The normalized spacial score (nSPS) is 10.6. The van der Waals surface area contributed by atoms with E-state index in [-0.39, 0.29) is 5.75 Å². The highest BCUT2D eigenvalue weighted by Gasteiger charge is 2.11. The van der Waals surface area contributed by atoms with Gasteiger partial charge in [0.2, 0.25) is 0 Å². The Morgan fingerprint density at radius 3 is 3.00 bits per heavy atom. The third kappa shape index (κ3) is 3.34. The van der Waals surface area contributed by atoms with Gasteiger partial charge in [-0.25, -0.2) is 4.98 Å². The van der Waals surface area contributed by atoms with E-state index >= 15 is 0 Å². The zero-order chi connectivity index (χ0) is 13.1. The van der Waals surface area contributed by atoms with E-state index in [9.17, 15) is 4.79 Å². The lowest BCUT2D eigenvalue weighted by Gasteiger charge is -1.98. The average Bonchev–Trinajstić information content (AvgIpc) is 2.68. The van der Waals surface area contributed by atoms with Crippen LogP contribution in [0.15, 0.2) is 33.1 Å². The molecule has 0 atom stereocenters. The van der Waals surface area contributed by atoms with Gasteiger partial charge < -0.3 is 5.11 Å². The molecule has 0 bridgehead atoms. The van der Waals surface area contributed by atoms with Crippen molar-refractivity contribution in [2.75, 3.05) is 5.75 Å². The molecule has 0 fully saturated rings. The summed E-state index contributed by atoms with van der Waals surface area (Å²) in [4.78, 5) is 16.1. The first kappa shape index (κ1) is 13.6. The number of halogens is 1. The Bertz CT molecular complexity index is 583. The second-order valence-corrected chi connectivity index (χ2v) is 6.92. The third-order valence-electron chi connectivity index (χ3n) is 2.19. The van der Waals surface area contributed by atoms with Gasteiger partial charge in [0.25, 0.3) is 0 Å². The third-order valence-corrected chi connectivity index (χ3v) is 4.79. The number of thiazole rings is 1. The summed E-state index contributed by atoms with van der Waals surface area (Å²) in [6.07, 6.45) is 0. The topological polar surface area (TPSA) is 50.2 Å². The van der Waals surface area contributed by atoms with E-state index in [2.05, 4.69) is 20.9 Å². The molecule has 1 aromatic carbocycles. The molecule has 1 aromatic heterocycles. The number of nitrogens with zero attached hydrogens (tertiary/aromatic N) is 1. The Morgan fingerprint density at radius 1 is 1.56 bits per heavy atom. The van der Waals surface area contributed by atoms with Crippen LogP contribution >= 0.6 is 39.0 Å². The van der Waals surface area contributed by atoms with Crippen molar-refractivity contribution in [3.63, 3.8) is 0 Å². The van der Waals surface area contributed by atoms with Crippen LogP contribution in [0.4, 0.5) is 0 Å². The average molecular weight is 344 g/mol. The molecule has 0 saturated carbocycles. The second kappa shape index (κ2) is 5.86. The summed E-state index contributed by atoms with van der Waals surface area (Å²) in [7, 11) is 0. The van der Waals surface area contributed by atoms with Crippen LogP contribution in [-0.2, 0) is 4.79 Å². The number of benzene rings is 1. The molecule has 18 heavy (non-hydrogen) atoms. The number of aliphatic carboxylic acids is 1. The zero-order valence-electron chi connectivity index (χ0n) is 9.51. The number of carbonyl (C=O) groups is 1.